The largest absolute Gasteiger partial charge is 0.370 e. The second-order valence-corrected chi connectivity index (χ2v) is 6.36. The van der Waals surface area contributed by atoms with Gasteiger partial charge in [-0.15, -0.1) is 0 Å². The molecular formula is C18H26N4. The molecular weight excluding hydrogens is 272 g/mol. The Labute approximate surface area is 133 Å². The van der Waals surface area contributed by atoms with E-state index in [0.717, 1.165) is 18.1 Å². The third-order valence-electron chi connectivity index (χ3n) is 3.51. The normalized spacial score (nSPS) is 11.0. The van der Waals surface area contributed by atoms with Gasteiger partial charge >= 0.3 is 0 Å². The second-order valence-electron chi connectivity index (χ2n) is 6.36. The zero-order valence-corrected chi connectivity index (χ0v) is 14.1. The molecule has 118 valence electrons. The Balaban J connectivity index is 2.22. The molecule has 1 heterocycles. The number of nitrogens with zero attached hydrogens (tertiary/aromatic N) is 2. The van der Waals surface area contributed by atoms with Gasteiger partial charge in [0.25, 0.3) is 0 Å². The Hall–Kier alpha value is -2.10. The fourth-order valence-corrected chi connectivity index (χ4v) is 2.28. The lowest BCUT2D eigenvalue weighted by Gasteiger charge is -2.17. The fourth-order valence-electron chi connectivity index (χ4n) is 2.28. The molecule has 22 heavy (non-hydrogen) atoms. The molecule has 0 saturated carbocycles. The summed E-state index contributed by atoms with van der Waals surface area (Å²) in [6.07, 6.45) is 1.78. The summed E-state index contributed by atoms with van der Waals surface area (Å²) in [5, 5.41) is 6.72. The van der Waals surface area contributed by atoms with Crippen molar-refractivity contribution in [2.75, 3.05) is 17.2 Å². The van der Waals surface area contributed by atoms with E-state index < -0.39 is 0 Å². The number of anilines is 3. The Morgan fingerprint density at radius 2 is 1.86 bits per heavy atom. The summed E-state index contributed by atoms with van der Waals surface area (Å²) in [5.41, 5.74) is 3.60. The number of benzene rings is 1. The molecule has 0 fully saturated rings. The van der Waals surface area contributed by atoms with E-state index in [0.29, 0.717) is 17.8 Å². The first-order valence-corrected chi connectivity index (χ1v) is 7.90. The SMILES string of the molecule is Cc1cccc(C(C)C)c1Nc1nccc(NCC(C)C)n1. The molecule has 0 aliphatic rings. The number of rotatable bonds is 6. The van der Waals surface area contributed by atoms with Crippen molar-refractivity contribution in [3.05, 3.63) is 41.6 Å². The summed E-state index contributed by atoms with van der Waals surface area (Å²) in [4.78, 5) is 8.89. The average molecular weight is 298 g/mol. The molecule has 2 aromatic rings. The standard InChI is InChI=1S/C18H26N4/c1-12(2)11-20-16-9-10-19-18(21-16)22-17-14(5)7-6-8-15(17)13(3)4/h6-10,12-13H,11H2,1-5H3,(H2,19,20,21,22). The van der Waals surface area contributed by atoms with Crippen LogP contribution in [0.5, 0.6) is 0 Å². The first kappa shape index (κ1) is 16.3. The summed E-state index contributed by atoms with van der Waals surface area (Å²) < 4.78 is 0. The van der Waals surface area contributed by atoms with Gasteiger partial charge in [0.2, 0.25) is 5.95 Å². The van der Waals surface area contributed by atoms with Crippen LogP contribution in [0, 0.1) is 12.8 Å². The van der Waals surface area contributed by atoms with Gasteiger partial charge in [0.15, 0.2) is 0 Å². The maximum absolute atomic E-state index is 4.55. The molecule has 2 rings (SSSR count). The average Bonchev–Trinajstić information content (AvgIpc) is 2.47. The maximum Gasteiger partial charge on any atom is 0.229 e. The number of hydrogen-bond acceptors (Lipinski definition) is 4. The molecule has 0 unspecified atom stereocenters. The van der Waals surface area contributed by atoms with Crippen molar-refractivity contribution >= 4 is 17.5 Å². The molecule has 1 aromatic heterocycles. The van der Waals surface area contributed by atoms with Gasteiger partial charge in [-0.25, -0.2) is 4.98 Å². The highest BCUT2D eigenvalue weighted by Gasteiger charge is 2.10. The number of aryl methyl sites for hydroxylation is 1. The van der Waals surface area contributed by atoms with E-state index in [9.17, 15) is 0 Å². The lowest BCUT2D eigenvalue weighted by atomic mass is 9.98. The van der Waals surface area contributed by atoms with Crippen molar-refractivity contribution < 1.29 is 0 Å². The molecule has 4 heteroatoms. The Morgan fingerprint density at radius 3 is 2.55 bits per heavy atom. The molecule has 0 bridgehead atoms. The minimum Gasteiger partial charge on any atom is -0.370 e. The molecule has 0 spiro atoms. The van der Waals surface area contributed by atoms with Gasteiger partial charge in [0, 0.05) is 18.4 Å². The van der Waals surface area contributed by atoms with Crippen molar-refractivity contribution in [2.24, 2.45) is 5.92 Å². The minimum atomic E-state index is 0.449. The molecule has 1 aromatic carbocycles. The van der Waals surface area contributed by atoms with Crippen LogP contribution in [0.15, 0.2) is 30.5 Å². The molecule has 4 nitrogen and oxygen atoms in total. The van der Waals surface area contributed by atoms with Crippen molar-refractivity contribution in [3.8, 4) is 0 Å². The zero-order valence-electron chi connectivity index (χ0n) is 14.1. The van der Waals surface area contributed by atoms with Crippen LogP contribution in [0.4, 0.5) is 17.5 Å². The van der Waals surface area contributed by atoms with E-state index in [-0.39, 0.29) is 0 Å². The Bertz CT molecular complexity index is 620. The van der Waals surface area contributed by atoms with E-state index in [4.69, 9.17) is 0 Å². The second kappa shape index (κ2) is 7.25. The first-order chi connectivity index (χ1) is 10.5. The van der Waals surface area contributed by atoms with Crippen molar-refractivity contribution in [2.45, 2.75) is 40.5 Å². The van der Waals surface area contributed by atoms with Crippen molar-refractivity contribution in [1.29, 1.82) is 0 Å². The van der Waals surface area contributed by atoms with Crippen LogP contribution in [0.1, 0.15) is 44.7 Å². The number of para-hydroxylation sites is 1. The number of hydrogen-bond donors (Lipinski definition) is 2. The Morgan fingerprint density at radius 1 is 1.09 bits per heavy atom. The molecule has 0 aliphatic heterocycles. The summed E-state index contributed by atoms with van der Waals surface area (Å²) >= 11 is 0. The number of nitrogens with one attached hydrogen (secondary N) is 2. The summed E-state index contributed by atoms with van der Waals surface area (Å²) in [5.74, 6) is 2.51. The van der Waals surface area contributed by atoms with Gasteiger partial charge < -0.3 is 10.6 Å². The molecule has 0 amide bonds. The van der Waals surface area contributed by atoms with Crippen LogP contribution >= 0.6 is 0 Å². The predicted octanol–water partition coefficient (Wildman–Crippen LogP) is 4.72. The van der Waals surface area contributed by atoms with Gasteiger partial charge in [0.1, 0.15) is 5.82 Å². The van der Waals surface area contributed by atoms with E-state index in [1.54, 1.807) is 6.20 Å². The Kier molecular flexibility index (Phi) is 5.36. The molecule has 0 saturated heterocycles. The van der Waals surface area contributed by atoms with Gasteiger partial charge in [-0.05, 0) is 36.0 Å². The van der Waals surface area contributed by atoms with E-state index in [1.165, 1.54) is 11.1 Å². The van der Waals surface area contributed by atoms with Crippen LogP contribution in [0.25, 0.3) is 0 Å². The maximum atomic E-state index is 4.55. The zero-order chi connectivity index (χ0) is 16.1. The smallest absolute Gasteiger partial charge is 0.229 e. The fraction of sp³-hybridized carbons (Fsp3) is 0.444. The third-order valence-corrected chi connectivity index (χ3v) is 3.51. The predicted molar refractivity (Wildman–Crippen MR) is 93.9 cm³/mol. The molecule has 2 N–H and O–H groups in total. The van der Waals surface area contributed by atoms with E-state index in [1.807, 2.05) is 6.07 Å². The lowest BCUT2D eigenvalue weighted by Crippen LogP contribution is -2.10. The monoisotopic (exact) mass is 298 g/mol. The first-order valence-electron chi connectivity index (χ1n) is 7.90. The third kappa shape index (κ3) is 4.20. The molecule has 0 radical (unpaired) electrons. The van der Waals surface area contributed by atoms with Gasteiger partial charge in [-0.2, -0.15) is 4.98 Å². The molecule has 0 atom stereocenters. The number of aromatic nitrogens is 2. The quantitative estimate of drug-likeness (QED) is 0.810. The van der Waals surface area contributed by atoms with Gasteiger partial charge in [-0.3, -0.25) is 0 Å². The van der Waals surface area contributed by atoms with Crippen LogP contribution in [0.3, 0.4) is 0 Å². The minimum absolute atomic E-state index is 0.449. The highest BCUT2D eigenvalue weighted by atomic mass is 15.1. The topological polar surface area (TPSA) is 49.8 Å². The van der Waals surface area contributed by atoms with Crippen LogP contribution in [-0.2, 0) is 0 Å². The van der Waals surface area contributed by atoms with Crippen molar-refractivity contribution in [3.63, 3.8) is 0 Å². The summed E-state index contributed by atoms with van der Waals surface area (Å²) in [6.45, 7) is 11.8. The van der Waals surface area contributed by atoms with Crippen molar-refractivity contribution in [1.82, 2.24) is 9.97 Å². The lowest BCUT2D eigenvalue weighted by molar-refractivity contribution is 0.687. The highest BCUT2D eigenvalue weighted by Crippen LogP contribution is 2.29. The van der Waals surface area contributed by atoms with Crippen LogP contribution in [0.2, 0.25) is 0 Å². The van der Waals surface area contributed by atoms with Gasteiger partial charge in [0.05, 0.1) is 0 Å². The van der Waals surface area contributed by atoms with Gasteiger partial charge in [-0.1, -0.05) is 45.9 Å². The summed E-state index contributed by atoms with van der Waals surface area (Å²) in [6, 6.07) is 8.25. The van der Waals surface area contributed by atoms with Crippen LogP contribution < -0.4 is 10.6 Å². The van der Waals surface area contributed by atoms with Crippen LogP contribution in [-0.4, -0.2) is 16.5 Å². The van der Waals surface area contributed by atoms with E-state index in [2.05, 4.69) is 73.4 Å². The highest BCUT2D eigenvalue weighted by molar-refractivity contribution is 5.64. The molecule has 0 aliphatic carbocycles. The van der Waals surface area contributed by atoms with E-state index >= 15 is 0 Å². The summed E-state index contributed by atoms with van der Waals surface area (Å²) in [7, 11) is 0.